The molecule has 0 bridgehead atoms. The predicted molar refractivity (Wildman–Crippen MR) is 48.3 cm³/mol. The van der Waals surface area contributed by atoms with Crippen LogP contribution in [0.5, 0.6) is 0 Å². The van der Waals surface area contributed by atoms with Crippen molar-refractivity contribution in [2.45, 2.75) is 0 Å². The van der Waals surface area contributed by atoms with Crippen LogP contribution in [0.15, 0.2) is 0 Å². The van der Waals surface area contributed by atoms with E-state index in [0.29, 0.717) is 0 Å². The van der Waals surface area contributed by atoms with E-state index in [1.54, 1.807) is 0 Å². The smallest absolute Gasteiger partial charge is 2.00 e. The molecular formula is H8Al2Mg2O5Si2. The van der Waals surface area contributed by atoms with Gasteiger partial charge in [0, 0.05) is 21.9 Å². The molecule has 0 heterocycles. The summed E-state index contributed by atoms with van der Waals surface area (Å²) in [6, 6.07) is 0. The molecule has 4 N–H and O–H groups in total. The largest absolute Gasteiger partial charge is 3.00 e. The summed E-state index contributed by atoms with van der Waals surface area (Å²) in [6.07, 6.45) is 0. The second-order valence-corrected chi connectivity index (χ2v) is 0. The van der Waals surface area contributed by atoms with Crippen molar-refractivity contribution in [2.75, 3.05) is 0 Å². The minimum absolute atomic E-state index is 0. The molecule has 0 spiro atoms. The fourth-order valence-electron chi connectivity index (χ4n) is 0. The van der Waals surface area contributed by atoms with Gasteiger partial charge in [-0.15, -0.1) is 0 Å². The third-order valence-electron chi connectivity index (χ3n) is 0. The Bertz CT molecular complexity index is 33.0. The van der Waals surface area contributed by atoms with Gasteiger partial charge in [0.1, 0.15) is 0 Å². The topological polar surface area (TPSA) is 148 Å². The molecule has 0 aromatic carbocycles. The zero-order valence-electron chi connectivity index (χ0n) is 9.79. The van der Waals surface area contributed by atoms with Crippen LogP contribution in [0.3, 0.4) is 0 Å². The molecule has 0 aliphatic rings. The van der Waals surface area contributed by atoms with Crippen LogP contribution in [-0.2, 0) is 16.4 Å². The summed E-state index contributed by atoms with van der Waals surface area (Å²) in [6.45, 7) is 0. The van der Waals surface area contributed by atoms with Gasteiger partial charge in [-0.3, -0.25) is 0 Å². The third-order valence-corrected chi connectivity index (χ3v) is 0. The van der Waals surface area contributed by atoms with Crippen molar-refractivity contribution >= 4 is 103 Å². The molecule has 0 atom stereocenters. The van der Waals surface area contributed by atoms with Gasteiger partial charge in [0.15, 0.2) is 0 Å². The predicted octanol–water partition coefficient (Wildman–Crippen LogP) is -3.84. The summed E-state index contributed by atoms with van der Waals surface area (Å²) in [5.41, 5.74) is 0. The molecule has 0 fully saturated rings. The zero-order valence-corrected chi connectivity index (χ0v) is 12.9. The molecule has 0 saturated heterocycles. The van der Waals surface area contributed by atoms with Crippen LogP contribution in [0, 0.1) is 0 Å². The monoisotopic (exact) mass is 246 g/mol. The molecule has 0 aliphatic heterocycles. The van der Waals surface area contributed by atoms with Gasteiger partial charge in [0.05, 0.1) is 0 Å². The standard InChI is InChI=1S/2Al.2Mg.2H2O.3O.2Si.4H/h;;;;2*1H2;;;;;;;;;/q2*+3;2*+2;;;3*-2;;;4*-1. The Balaban J connectivity index is 0. The Morgan fingerprint density at radius 2 is 0.545 bits per heavy atom. The van der Waals surface area contributed by atoms with Gasteiger partial charge in [-0.1, -0.05) is 0 Å². The van der Waals surface area contributed by atoms with Gasteiger partial charge >= 0.3 is 80.8 Å². The first-order valence-corrected chi connectivity index (χ1v) is 0. The van der Waals surface area contributed by atoms with Crippen LogP contribution in [0.2, 0.25) is 0 Å². The Hall–Kier alpha value is 2.83. The van der Waals surface area contributed by atoms with E-state index in [4.69, 9.17) is 0 Å². The van der Waals surface area contributed by atoms with Crippen molar-refractivity contribution < 1.29 is 33.1 Å². The van der Waals surface area contributed by atoms with Crippen LogP contribution in [0.25, 0.3) is 0 Å². The molecule has 11 heavy (non-hydrogen) atoms. The molecule has 56 valence electrons. The van der Waals surface area contributed by atoms with Crippen molar-refractivity contribution in [3.63, 3.8) is 0 Å². The number of rotatable bonds is 0. The normalized spacial score (nSPS) is 0. The van der Waals surface area contributed by atoms with Crippen LogP contribution in [0.4, 0.5) is 0 Å². The summed E-state index contributed by atoms with van der Waals surface area (Å²) in [5, 5.41) is 0. The summed E-state index contributed by atoms with van der Waals surface area (Å²) in [4.78, 5) is 0. The maximum absolute atomic E-state index is 0. The molecule has 0 aromatic heterocycles. The molecule has 0 amide bonds. The average Bonchev–Trinajstić information content (AvgIpc) is 0. The molecule has 5 nitrogen and oxygen atoms in total. The summed E-state index contributed by atoms with van der Waals surface area (Å²) in [7, 11) is 0. The SMILES string of the molecule is O.O.[Al+3].[Al+3].[H-].[H-].[H-].[H-].[Mg+2].[Mg+2].[O-2].[O-2].[O-2].[Si].[Si]. The fraction of sp³-hybridized carbons (Fsp3) is 0. The van der Waals surface area contributed by atoms with E-state index in [1.165, 1.54) is 0 Å². The number of hydrogen-bond acceptors (Lipinski definition) is 0. The van der Waals surface area contributed by atoms with Gasteiger partial charge in [-0.2, -0.15) is 0 Å². The molecule has 0 unspecified atom stereocenters. The van der Waals surface area contributed by atoms with E-state index >= 15 is 0 Å². The molecule has 0 saturated carbocycles. The van der Waals surface area contributed by atoms with E-state index in [2.05, 4.69) is 0 Å². The molecule has 8 radical (unpaired) electrons. The van der Waals surface area contributed by atoms with Gasteiger partial charge in [-0.05, 0) is 0 Å². The van der Waals surface area contributed by atoms with Gasteiger partial charge in [0.2, 0.25) is 0 Å². The van der Waals surface area contributed by atoms with Crippen LogP contribution in [0.1, 0.15) is 5.71 Å². The quantitative estimate of drug-likeness (QED) is 0.385. The first kappa shape index (κ1) is 284. The maximum Gasteiger partial charge on any atom is 3.00 e. The Morgan fingerprint density at radius 3 is 0.545 bits per heavy atom. The van der Waals surface area contributed by atoms with Crippen molar-refractivity contribution in [1.82, 2.24) is 0 Å². The van der Waals surface area contributed by atoms with Crippen LogP contribution < -0.4 is 0 Å². The van der Waals surface area contributed by atoms with Crippen molar-refractivity contribution in [2.24, 2.45) is 0 Å². The van der Waals surface area contributed by atoms with Crippen molar-refractivity contribution in [1.29, 1.82) is 0 Å². The van der Waals surface area contributed by atoms with Crippen LogP contribution in [-0.4, -0.2) is 114 Å². The molecule has 11 heteroatoms. The van der Waals surface area contributed by atoms with E-state index in [1.807, 2.05) is 0 Å². The van der Waals surface area contributed by atoms with Crippen molar-refractivity contribution in [3.8, 4) is 0 Å². The summed E-state index contributed by atoms with van der Waals surface area (Å²) >= 11 is 0. The molecular weight excluding hydrogens is 239 g/mol. The van der Waals surface area contributed by atoms with Crippen LogP contribution >= 0.6 is 0 Å². The Morgan fingerprint density at radius 1 is 0.545 bits per heavy atom. The van der Waals surface area contributed by atoms with E-state index in [-0.39, 0.29) is 136 Å². The second-order valence-electron chi connectivity index (χ2n) is 0. The number of hydrogen-bond donors (Lipinski definition) is 0. The van der Waals surface area contributed by atoms with E-state index in [0.717, 1.165) is 0 Å². The van der Waals surface area contributed by atoms with Gasteiger partial charge in [-0.25, -0.2) is 0 Å². The maximum atomic E-state index is 0. The molecule has 0 rings (SSSR count). The minimum atomic E-state index is 0. The Labute approximate surface area is 135 Å². The first-order chi connectivity index (χ1) is 0. The van der Waals surface area contributed by atoms with Crippen molar-refractivity contribution in [3.05, 3.63) is 0 Å². The third kappa shape index (κ3) is 188. The molecule has 0 aromatic rings. The second kappa shape index (κ2) is 224. The average molecular weight is 247 g/mol. The Kier molecular flexibility index (Phi) is 5790. The first-order valence-electron chi connectivity index (χ1n) is 0. The van der Waals surface area contributed by atoms with Gasteiger partial charge in [0.25, 0.3) is 0 Å². The molecule has 0 aliphatic carbocycles. The zero-order chi connectivity index (χ0) is 0. The fourth-order valence-corrected chi connectivity index (χ4v) is 0. The summed E-state index contributed by atoms with van der Waals surface area (Å²) in [5.74, 6) is 0. The van der Waals surface area contributed by atoms with E-state index in [9.17, 15) is 0 Å². The minimum Gasteiger partial charge on any atom is -2.00 e. The summed E-state index contributed by atoms with van der Waals surface area (Å²) < 4.78 is 0. The van der Waals surface area contributed by atoms with Gasteiger partial charge < -0.3 is 33.1 Å². The van der Waals surface area contributed by atoms with E-state index < -0.39 is 0 Å².